The normalized spacial score (nSPS) is 18.3. The number of ether oxygens (including phenoxy) is 1. The van der Waals surface area contributed by atoms with Crippen LogP contribution in [0.2, 0.25) is 0 Å². The molecule has 148 valence electrons. The Morgan fingerprint density at radius 3 is 2.65 bits per heavy atom. The molecule has 0 spiro atoms. The van der Waals surface area contributed by atoms with E-state index in [4.69, 9.17) is 4.74 Å². The maximum Gasteiger partial charge on any atom is 0.401 e. The smallest absolute Gasteiger partial charge is 0.401 e. The second-order valence-corrected chi connectivity index (χ2v) is 6.70. The molecule has 1 atom stereocenters. The second-order valence-electron chi connectivity index (χ2n) is 5.78. The van der Waals surface area contributed by atoms with E-state index in [0.29, 0.717) is 38.6 Å². The molecule has 1 aromatic carbocycles. The molecule has 0 aliphatic carbocycles. The van der Waals surface area contributed by atoms with E-state index in [-0.39, 0.29) is 30.0 Å². The second kappa shape index (κ2) is 11.2. The van der Waals surface area contributed by atoms with Gasteiger partial charge in [0.05, 0.1) is 13.1 Å². The van der Waals surface area contributed by atoms with Gasteiger partial charge in [-0.3, -0.25) is 9.89 Å². The zero-order valence-corrected chi connectivity index (χ0v) is 18.3. The SMILES string of the molecule is CN=C(NCCOc1ccc(Br)cc1)NC1CCN(CC(F)(F)F)C1.I. The summed E-state index contributed by atoms with van der Waals surface area (Å²) in [5.74, 6) is 1.34. The summed E-state index contributed by atoms with van der Waals surface area (Å²) in [6.07, 6.45) is -3.49. The van der Waals surface area contributed by atoms with E-state index in [0.717, 1.165) is 10.2 Å². The molecule has 1 heterocycles. The fraction of sp³-hybridized carbons (Fsp3) is 0.562. The van der Waals surface area contributed by atoms with Crippen molar-refractivity contribution in [3.63, 3.8) is 0 Å². The Morgan fingerprint density at radius 2 is 2.04 bits per heavy atom. The van der Waals surface area contributed by atoms with E-state index in [2.05, 4.69) is 31.6 Å². The van der Waals surface area contributed by atoms with Gasteiger partial charge in [0.25, 0.3) is 0 Å². The number of halogens is 5. The molecule has 1 saturated heterocycles. The van der Waals surface area contributed by atoms with Gasteiger partial charge in [-0.2, -0.15) is 13.2 Å². The first-order valence-corrected chi connectivity index (χ1v) is 8.79. The van der Waals surface area contributed by atoms with Crippen LogP contribution in [-0.2, 0) is 0 Å². The summed E-state index contributed by atoms with van der Waals surface area (Å²) in [5, 5.41) is 6.26. The van der Waals surface area contributed by atoms with Gasteiger partial charge in [0.2, 0.25) is 0 Å². The van der Waals surface area contributed by atoms with Gasteiger partial charge in [-0.15, -0.1) is 24.0 Å². The average molecular weight is 551 g/mol. The number of alkyl halides is 3. The van der Waals surface area contributed by atoms with Crippen LogP contribution in [0.15, 0.2) is 33.7 Å². The van der Waals surface area contributed by atoms with Crippen molar-refractivity contribution in [1.82, 2.24) is 15.5 Å². The zero-order valence-electron chi connectivity index (χ0n) is 14.4. The van der Waals surface area contributed by atoms with Gasteiger partial charge in [-0.1, -0.05) is 15.9 Å². The number of rotatable bonds is 6. The van der Waals surface area contributed by atoms with Crippen molar-refractivity contribution in [1.29, 1.82) is 0 Å². The van der Waals surface area contributed by atoms with E-state index in [1.807, 2.05) is 24.3 Å². The van der Waals surface area contributed by atoms with Crippen LogP contribution in [0.5, 0.6) is 5.75 Å². The Hall–Kier alpha value is -0.750. The minimum absolute atomic E-state index is 0. The van der Waals surface area contributed by atoms with Crippen molar-refractivity contribution in [3.05, 3.63) is 28.7 Å². The molecule has 1 aliphatic heterocycles. The summed E-state index contributed by atoms with van der Waals surface area (Å²) < 4.78 is 43.8. The highest BCUT2D eigenvalue weighted by Crippen LogP contribution is 2.20. The van der Waals surface area contributed by atoms with Crippen LogP contribution in [0.3, 0.4) is 0 Å². The molecule has 1 aromatic rings. The van der Waals surface area contributed by atoms with Crippen molar-refractivity contribution in [2.75, 3.05) is 39.8 Å². The Labute approximate surface area is 176 Å². The molecule has 1 unspecified atom stereocenters. The molecule has 2 rings (SSSR count). The lowest BCUT2D eigenvalue weighted by Crippen LogP contribution is -2.46. The van der Waals surface area contributed by atoms with Crippen molar-refractivity contribution in [2.45, 2.75) is 18.6 Å². The number of hydrogen-bond donors (Lipinski definition) is 2. The third-order valence-electron chi connectivity index (χ3n) is 3.72. The first-order valence-electron chi connectivity index (χ1n) is 8.00. The quantitative estimate of drug-likeness (QED) is 0.247. The van der Waals surface area contributed by atoms with Gasteiger partial charge >= 0.3 is 6.18 Å². The molecule has 2 N–H and O–H groups in total. The highest BCUT2D eigenvalue weighted by Gasteiger charge is 2.34. The molecule has 0 saturated carbocycles. The van der Waals surface area contributed by atoms with Crippen molar-refractivity contribution in [3.8, 4) is 5.75 Å². The molecule has 26 heavy (non-hydrogen) atoms. The molecule has 5 nitrogen and oxygen atoms in total. The van der Waals surface area contributed by atoms with Crippen LogP contribution in [0.25, 0.3) is 0 Å². The molecule has 1 fully saturated rings. The Bertz CT molecular complexity index is 572. The third-order valence-corrected chi connectivity index (χ3v) is 4.25. The van der Waals surface area contributed by atoms with Crippen LogP contribution < -0.4 is 15.4 Å². The van der Waals surface area contributed by atoms with Crippen LogP contribution >= 0.6 is 39.9 Å². The van der Waals surface area contributed by atoms with E-state index in [1.165, 1.54) is 4.90 Å². The van der Waals surface area contributed by atoms with Gasteiger partial charge in [0, 0.05) is 30.7 Å². The van der Waals surface area contributed by atoms with Gasteiger partial charge in [-0.05, 0) is 30.7 Å². The predicted molar refractivity (Wildman–Crippen MR) is 110 cm³/mol. The first-order chi connectivity index (χ1) is 11.9. The monoisotopic (exact) mass is 550 g/mol. The Balaban J connectivity index is 0.00000338. The lowest BCUT2D eigenvalue weighted by molar-refractivity contribution is -0.143. The van der Waals surface area contributed by atoms with Crippen molar-refractivity contribution in [2.24, 2.45) is 4.99 Å². The Morgan fingerprint density at radius 1 is 1.35 bits per heavy atom. The van der Waals surface area contributed by atoms with Gasteiger partial charge in [0.1, 0.15) is 12.4 Å². The molecule has 0 aromatic heterocycles. The van der Waals surface area contributed by atoms with Crippen LogP contribution in [0.1, 0.15) is 6.42 Å². The molecule has 0 amide bonds. The van der Waals surface area contributed by atoms with Crippen LogP contribution in [-0.4, -0.2) is 62.9 Å². The minimum Gasteiger partial charge on any atom is -0.492 e. The zero-order chi connectivity index (χ0) is 18.3. The lowest BCUT2D eigenvalue weighted by Gasteiger charge is -2.19. The molecular weight excluding hydrogens is 528 g/mol. The summed E-state index contributed by atoms with van der Waals surface area (Å²) in [7, 11) is 1.63. The van der Waals surface area contributed by atoms with E-state index >= 15 is 0 Å². The van der Waals surface area contributed by atoms with Gasteiger partial charge < -0.3 is 15.4 Å². The number of guanidine groups is 1. The number of likely N-dealkylation sites (tertiary alicyclic amines) is 1. The minimum atomic E-state index is -4.15. The maximum absolute atomic E-state index is 12.4. The van der Waals surface area contributed by atoms with Crippen molar-refractivity contribution < 1.29 is 17.9 Å². The summed E-state index contributed by atoms with van der Waals surface area (Å²) in [6.45, 7) is 0.913. The number of aliphatic imine (C=N–C) groups is 1. The van der Waals surface area contributed by atoms with E-state index < -0.39 is 12.7 Å². The summed E-state index contributed by atoms with van der Waals surface area (Å²) in [6, 6.07) is 7.49. The average Bonchev–Trinajstić information content (AvgIpc) is 2.97. The fourth-order valence-corrected chi connectivity index (χ4v) is 2.87. The van der Waals surface area contributed by atoms with E-state index in [1.54, 1.807) is 7.05 Å². The number of benzene rings is 1. The standard InChI is InChI=1S/C16H22BrF3N4O.HI/c1-21-15(22-7-9-25-14-4-2-12(17)3-5-14)23-13-6-8-24(10-13)11-16(18,19)20;/h2-5,13H,6-11H2,1H3,(H2,21,22,23);1H. The van der Waals surface area contributed by atoms with Gasteiger partial charge in [-0.25, -0.2) is 0 Å². The first kappa shape index (κ1) is 23.3. The summed E-state index contributed by atoms with van der Waals surface area (Å²) in [5.41, 5.74) is 0. The number of nitrogens with zero attached hydrogens (tertiary/aromatic N) is 2. The van der Waals surface area contributed by atoms with E-state index in [9.17, 15) is 13.2 Å². The van der Waals surface area contributed by atoms with Crippen molar-refractivity contribution >= 4 is 45.9 Å². The largest absolute Gasteiger partial charge is 0.492 e. The molecule has 0 bridgehead atoms. The van der Waals surface area contributed by atoms with Gasteiger partial charge in [0.15, 0.2) is 5.96 Å². The topological polar surface area (TPSA) is 48.9 Å². The number of nitrogens with one attached hydrogen (secondary N) is 2. The van der Waals surface area contributed by atoms with Crippen LogP contribution in [0, 0.1) is 0 Å². The number of hydrogen-bond acceptors (Lipinski definition) is 3. The highest BCUT2D eigenvalue weighted by atomic mass is 127. The third kappa shape index (κ3) is 8.76. The highest BCUT2D eigenvalue weighted by molar-refractivity contribution is 14.0. The molecule has 0 radical (unpaired) electrons. The molecule has 1 aliphatic rings. The lowest BCUT2D eigenvalue weighted by atomic mass is 10.3. The van der Waals surface area contributed by atoms with Crippen LogP contribution in [0.4, 0.5) is 13.2 Å². The predicted octanol–water partition coefficient (Wildman–Crippen LogP) is 3.25. The Kier molecular flexibility index (Phi) is 10.0. The summed E-state index contributed by atoms with van der Waals surface area (Å²) in [4.78, 5) is 5.50. The molecule has 10 heteroatoms. The fourth-order valence-electron chi connectivity index (χ4n) is 2.60. The molecular formula is C16H23BrF3IN4O. The maximum atomic E-state index is 12.4. The summed E-state index contributed by atoms with van der Waals surface area (Å²) >= 11 is 3.36.